The van der Waals surface area contributed by atoms with Gasteiger partial charge in [-0.1, -0.05) is 12.1 Å². The molecule has 1 aromatic heterocycles. The van der Waals surface area contributed by atoms with E-state index in [1.807, 2.05) is 6.92 Å². The lowest BCUT2D eigenvalue weighted by molar-refractivity contribution is 0.385. The summed E-state index contributed by atoms with van der Waals surface area (Å²) in [7, 11) is -0.744. The maximum atomic E-state index is 11.1. The normalized spacial score (nSPS) is 15.1. The number of rotatable bonds is 6. The highest BCUT2D eigenvalue weighted by molar-refractivity contribution is 7.84. The quantitative estimate of drug-likeness (QED) is 0.727. The second-order valence-electron chi connectivity index (χ2n) is 3.50. The highest BCUT2D eigenvalue weighted by Gasteiger charge is 2.06. The standard InChI is InChI=1S/C9H17N3O2S/c1-7(15(3)13)4-5-10-6-9-11-8(2)14-12-9/h7,10H,4-6H2,1-3H3. The average Bonchev–Trinajstić information content (AvgIpc) is 2.58. The van der Waals surface area contributed by atoms with Crippen LogP contribution < -0.4 is 5.32 Å². The lowest BCUT2D eigenvalue weighted by Gasteiger charge is -2.07. The van der Waals surface area contributed by atoms with E-state index in [4.69, 9.17) is 4.52 Å². The molecule has 0 spiro atoms. The molecule has 0 saturated carbocycles. The van der Waals surface area contributed by atoms with Crippen molar-refractivity contribution in [2.75, 3.05) is 12.8 Å². The zero-order valence-electron chi connectivity index (χ0n) is 9.32. The smallest absolute Gasteiger partial charge is 0.223 e. The molecule has 0 aromatic carbocycles. The predicted octanol–water partition coefficient (Wildman–Crippen LogP) is 0.625. The van der Waals surface area contributed by atoms with Crippen LogP contribution in [0.25, 0.3) is 0 Å². The number of aryl methyl sites for hydroxylation is 1. The van der Waals surface area contributed by atoms with E-state index in [0.717, 1.165) is 13.0 Å². The fourth-order valence-electron chi connectivity index (χ4n) is 1.08. The van der Waals surface area contributed by atoms with Gasteiger partial charge in [0.25, 0.3) is 0 Å². The van der Waals surface area contributed by atoms with Gasteiger partial charge in [0.05, 0.1) is 6.54 Å². The van der Waals surface area contributed by atoms with Gasteiger partial charge in [0.15, 0.2) is 5.82 Å². The van der Waals surface area contributed by atoms with Crippen molar-refractivity contribution in [3.05, 3.63) is 11.7 Å². The summed E-state index contributed by atoms with van der Waals surface area (Å²) in [5.74, 6) is 1.24. The fourth-order valence-corrected chi connectivity index (χ4v) is 1.53. The molecule has 1 aromatic rings. The lowest BCUT2D eigenvalue weighted by Crippen LogP contribution is -2.21. The summed E-state index contributed by atoms with van der Waals surface area (Å²) in [6.07, 6.45) is 2.62. The molecule has 0 aliphatic rings. The molecule has 0 radical (unpaired) electrons. The molecule has 1 heterocycles. The third kappa shape index (κ3) is 4.53. The summed E-state index contributed by atoms with van der Waals surface area (Å²) in [5.41, 5.74) is 0. The second-order valence-corrected chi connectivity index (χ2v) is 5.31. The molecule has 0 fully saturated rings. The van der Waals surface area contributed by atoms with E-state index >= 15 is 0 Å². The van der Waals surface area contributed by atoms with E-state index in [-0.39, 0.29) is 5.25 Å². The molecule has 0 bridgehead atoms. The monoisotopic (exact) mass is 231 g/mol. The van der Waals surface area contributed by atoms with Crippen molar-refractivity contribution < 1.29 is 8.73 Å². The van der Waals surface area contributed by atoms with Gasteiger partial charge in [-0.2, -0.15) is 4.98 Å². The van der Waals surface area contributed by atoms with Crippen LogP contribution in [-0.4, -0.2) is 32.4 Å². The number of hydrogen-bond donors (Lipinski definition) is 1. The third-order valence-electron chi connectivity index (χ3n) is 2.15. The molecule has 0 aliphatic heterocycles. The highest BCUT2D eigenvalue weighted by atomic mass is 32.2. The van der Waals surface area contributed by atoms with E-state index in [1.165, 1.54) is 0 Å². The Labute approximate surface area is 92.1 Å². The van der Waals surface area contributed by atoms with Gasteiger partial charge >= 0.3 is 0 Å². The van der Waals surface area contributed by atoms with Gasteiger partial charge in [-0.05, 0) is 13.0 Å². The lowest BCUT2D eigenvalue weighted by atomic mass is 10.3. The Morgan fingerprint density at radius 2 is 2.33 bits per heavy atom. The van der Waals surface area contributed by atoms with Gasteiger partial charge in [0.1, 0.15) is 0 Å². The van der Waals surface area contributed by atoms with Crippen molar-refractivity contribution in [1.29, 1.82) is 0 Å². The van der Waals surface area contributed by atoms with Gasteiger partial charge < -0.3 is 9.84 Å². The Balaban J connectivity index is 2.14. The van der Waals surface area contributed by atoms with Crippen LogP contribution in [0.4, 0.5) is 0 Å². The first-order chi connectivity index (χ1) is 7.09. The van der Waals surface area contributed by atoms with E-state index in [0.29, 0.717) is 18.3 Å². The molecule has 0 saturated heterocycles. The molecular formula is C9H17N3O2S. The summed E-state index contributed by atoms with van der Waals surface area (Å²) in [6.45, 7) is 5.16. The van der Waals surface area contributed by atoms with Gasteiger partial charge in [0, 0.05) is 29.2 Å². The van der Waals surface area contributed by atoms with Crippen molar-refractivity contribution in [3.8, 4) is 0 Å². The van der Waals surface area contributed by atoms with Gasteiger partial charge in [0.2, 0.25) is 5.89 Å². The largest absolute Gasteiger partial charge is 0.340 e. The molecular weight excluding hydrogens is 214 g/mol. The van der Waals surface area contributed by atoms with Crippen LogP contribution in [0, 0.1) is 6.92 Å². The summed E-state index contributed by atoms with van der Waals surface area (Å²) in [4.78, 5) is 4.06. The number of nitrogens with zero attached hydrogens (tertiary/aromatic N) is 2. The average molecular weight is 231 g/mol. The Kier molecular flexibility index (Phi) is 4.90. The van der Waals surface area contributed by atoms with E-state index < -0.39 is 10.8 Å². The van der Waals surface area contributed by atoms with Crippen LogP contribution >= 0.6 is 0 Å². The third-order valence-corrected chi connectivity index (χ3v) is 3.52. The van der Waals surface area contributed by atoms with Crippen LogP contribution in [0.2, 0.25) is 0 Å². The minimum absolute atomic E-state index is 0.226. The predicted molar refractivity (Wildman–Crippen MR) is 58.9 cm³/mol. The molecule has 2 unspecified atom stereocenters. The first-order valence-electron chi connectivity index (χ1n) is 4.91. The fraction of sp³-hybridized carbons (Fsp3) is 0.778. The second kappa shape index (κ2) is 5.97. The van der Waals surface area contributed by atoms with Crippen molar-refractivity contribution in [2.45, 2.75) is 32.1 Å². The molecule has 5 nitrogen and oxygen atoms in total. The maximum absolute atomic E-state index is 11.1. The number of hydrogen-bond acceptors (Lipinski definition) is 5. The van der Waals surface area contributed by atoms with Gasteiger partial charge in [-0.15, -0.1) is 0 Å². The molecule has 86 valence electrons. The Hall–Kier alpha value is -0.750. The zero-order valence-corrected chi connectivity index (χ0v) is 10.1. The molecule has 1 N–H and O–H groups in total. The van der Waals surface area contributed by atoms with Gasteiger partial charge in [-0.3, -0.25) is 4.21 Å². The number of aromatic nitrogens is 2. The van der Waals surface area contributed by atoms with E-state index in [9.17, 15) is 4.21 Å². The molecule has 1 rings (SSSR count). The molecule has 0 amide bonds. The molecule has 2 atom stereocenters. The summed E-state index contributed by atoms with van der Waals surface area (Å²) in [5, 5.41) is 7.17. The SMILES string of the molecule is Cc1nc(CNCCC(C)S(C)=O)no1. The Bertz CT molecular complexity index is 327. The van der Waals surface area contributed by atoms with Crippen molar-refractivity contribution in [2.24, 2.45) is 0 Å². The summed E-state index contributed by atoms with van der Waals surface area (Å²) < 4.78 is 15.9. The van der Waals surface area contributed by atoms with Crippen LogP contribution in [0.5, 0.6) is 0 Å². The van der Waals surface area contributed by atoms with Crippen LogP contribution in [-0.2, 0) is 17.3 Å². The minimum atomic E-state index is -0.744. The summed E-state index contributed by atoms with van der Waals surface area (Å²) >= 11 is 0. The van der Waals surface area contributed by atoms with E-state index in [1.54, 1.807) is 13.2 Å². The molecule has 6 heteroatoms. The zero-order chi connectivity index (χ0) is 11.3. The minimum Gasteiger partial charge on any atom is -0.340 e. The van der Waals surface area contributed by atoms with Crippen molar-refractivity contribution >= 4 is 10.8 Å². The Morgan fingerprint density at radius 3 is 2.87 bits per heavy atom. The highest BCUT2D eigenvalue weighted by Crippen LogP contribution is 1.98. The van der Waals surface area contributed by atoms with Crippen LogP contribution in [0.15, 0.2) is 4.52 Å². The summed E-state index contributed by atoms with van der Waals surface area (Å²) in [6, 6.07) is 0. The Morgan fingerprint density at radius 1 is 1.60 bits per heavy atom. The van der Waals surface area contributed by atoms with Crippen molar-refractivity contribution in [3.63, 3.8) is 0 Å². The number of nitrogens with one attached hydrogen (secondary N) is 1. The van der Waals surface area contributed by atoms with Crippen LogP contribution in [0.3, 0.4) is 0 Å². The van der Waals surface area contributed by atoms with E-state index in [2.05, 4.69) is 15.5 Å². The van der Waals surface area contributed by atoms with Crippen molar-refractivity contribution in [1.82, 2.24) is 15.5 Å². The topological polar surface area (TPSA) is 68.0 Å². The maximum Gasteiger partial charge on any atom is 0.223 e. The van der Waals surface area contributed by atoms with Crippen LogP contribution in [0.1, 0.15) is 25.1 Å². The first kappa shape index (κ1) is 12.3. The van der Waals surface area contributed by atoms with Gasteiger partial charge in [-0.25, -0.2) is 0 Å². The first-order valence-corrected chi connectivity index (χ1v) is 6.54. The molecule has 15 heavy (non-hydrogen) atoms. The molecule has 0 aliphatic carbocycles.